The van der Waals surface area contributed by atoms with Crippen LogP contribution in [0.2, 0.25) is 0 Å². The summed E-state index contributed by atoms with van der Waals surface area (Å²) in [6.07, 6.45) is 0. The first-order valence-electron chi connectivity index (χ1n) is 3.47. The number of rotatable bonds is 2. The molecule has 0 heterocycles. The zero-order valence-corrected chi connectivity index (χ0v) is 7.56. The average molecular weight is 181 g/mol. The lowest BCUT2D eigenvalue weighted by molar-refractivity contribution is 0.537. The highest BCUT2D eigenvalue weighted by Crippen LogP contribution is 2.18. The molecule has 2 nitrogen and oxygen atoms in total. The standard InChI is InChI=1S/C9H10O2S/c1-7(2)8-5-3-4-6-9(8)12(10)11/h3-6H,1H2,2H3,(H,10,11)/p-1. The highest BCUT2D eigenvalue weighted by Gasteiger charge is 2.00. The molecule has 1 atom stereocenters. The van der Waals surface area contributed by atoms with Gasteiger partial charge in [-0.2, -0.15) is 0 Å². The van der Waals surface area contributed by atoms with E-state index in [2.05, 4.69) is 6.58 Å². The molecule has 12 heavy (non-hydrogen) atoms. The van der Waals surface area contributed by atoms with Gasteiger partial charge in [-0.25, -0.2) is 0 Å². The van der Waals surface area contributed by atoms with E-state index >= 15 is 0 Å². The first-order valence-corrected chi connectivity index (χ1v) is 4.54. The van der Waals surface area contributed by atoms with Gasteiger partial charge in [-0.3, -0.25) is 4.21 Å². The van der Waals surface area contributed by atoms with Gasteiger partial charge in [0.05, 0.1) is 0 Å². The molecule has 0 radical (unpaired) electrons. The van der Waals surface area contributed by atoms with E-state index in [1.165, 1.54) is 0 Å². The fourth-order valence-corrected chi connectivity index (χ4v) is 1.58. The molecule has 1 rings (SSSR count). The molecule has 0 amide bonds. The van der Waals surface area contributed by atoms with Gasteiger partial charge in [-0.05, 0) is 35.2 Å². The van der Waals surface area contributed by atoms with Gasteiger partial charge in [0.15, 0.2) is 0 Å². The minimum Gasteiger partial charge on any atom is -0.768 e. The van der Waals surface area contributed by atoms with Gasteiger partial charge in [0.2, 0.25) is 0 Å². The molecule has 0 bridgehead atoms. The maximum atomic E-state index is 10.7. The number of allylic oxidation sites excluding steroid dienone is 1. The Balaban J connectivity index is 3.27. The second-order valence-electron chi connectivity index (χ2n) is 2.51. The second kappa shape index (κ2) is 3.65. The Morgan fingerprint density at radius 2 is 2.08 bits per heavy atom. The molecule has 0 spiro atoms. The van der Waals surface area contributed by atoms with Crippen LogP contribution in [0.25, 0.3) is 5.57 Å². The molecule has 1 unspecified atom stereocenters. The Labute approximate surface area is 74.2 Å². The molecule has 0 aliphatic rings. The summed E-state index contributed by atoms with van der Waals surface area (Å²) in [5.41, 5.74) is 1.45. The number of hydrogen-bond donors (Lipinski definition) is 0. The van der Waals surface area contributed by atoms with E-state index < -0.39 is 11.1 Å². The maximum absolute atomic E-state index is 10.7. The van der Waals surface area contributed by atoms with Gasteiger partial charge in [0.25, 0.3) is 0 Å². The number of benzene rings is 1. The summed E-state index contributed by atoms with van der Waals surface area (Å²) < 4.78 is 21.4. The molecule has 0 fully saturated rings. The fourth-order valence-electron chi connectivity index (χ4n) is 0.965. The van der Waals surface area contributed by atoms with Gasteiger partial charge in [-0.15, -0.1) is 0 Å². The molecule has 3 heteroatoms. The SMILES string of the molecule is C=C(C)c1ccccc1S(=O)[O-]. The van der Waals surface area contributed by atoms with Crippen LogP contribution in [-0.4, -0.2) is 8.76 Å². The first kappa shape index (κ1) is 9.16. The Bertz CT molecular complexity index is 298. The van der Waals surface area contributed by atoms with Gasteiger partial charge >= 0.3 is 0 Å². The van der Waals surface area contributed by atoms with Crippen LogP contribution >= 0.6 is 0 Å². The lowest BCUT2D eigenvalue weighted by Gasteiger charge is -2.10. The normalized spacial score (nSPS) is 12.5. The predicted molar refractivity (Wildman–Crippen MR) is 48.3 cm³/mol. The molecular formula is C9H9O2S-. The lowest BCUT2D eigenvalue weighted by Crippen LogP contribution is -1.93. The smallest absolute Gasteiger partial charge is 0.0323 e. The van der Waals surface area contributed by atoms with E-state index in [1.807, 2.05) is 0 Å². The first-order chi connectivity index (χ1) is 5.63. The van der Waals surface area contributed by atoms with Crippen molar-refractivity contribution in [3.8, 4) is 0 Å². The summed E-state index contributed by atoms with van der Waals surface area (Å²) in [5, 5.41) is 0. The zero-order valence-electron chi connectivity index (χ0n) is 6.74. The van der Waals surface area contributed by atoms with Gasteiger partial charge in [-0.1, -0.05) is 24.8 Å². The van der Waals surface area contributed by atoms with Crippen LogP contribution in [0.15, 0.2) is 35.7 Å². The van der Waals surface area contributed by atoms with Crippen molar-refractivity contribution < 1.29 is 8.76 Å². The molecule has 0 N–H and O–H groups in total. The van der Waals surface area contributed by atoms with Crippen LogP contribution in [-0.2, 0) is 11.1 Å². The average Bonchev–Trinajstić information content (AvgIpc) is 2.04. The fraction of sp³-hybridized carbons (Fsp3) is 0.111. The monoisotopic (exact) mass is 181 g/mol. The van der Waals surface area contributed by atoms with E-state index in [4.69, 9.17) is 0 Å². The topological polar surface area (TPSA) is 40.1 Å². The molecule has 64 valence electrons. The molecule has 0 aliphatic heterocycles. The highest BCUT2D eigenvalue weighted by molar-refractivity contribution is 7.79. The van der Waals surface area contributed by atoms with Crippen molar-refractivity contribution in [1.82, 2.24) is 0 Å². The highest BCUT2D eigenvalue weighted by atomic mass is 32.2. The molecular weight excluding hydrogens is 172 g/mol. The minimum absolute atomic E-state index is 0.310. The van der Waals surface area contributed by atoms with Crippen molar-refractivity contribution in [2.45, 2.75) is 11.8 Å². The Morgan fingerprint density at radius 3 is 2.50 bits per heavy atom. The summed E-state index contributed by atoms with van der Waals surface area (Å²) in [4.78, 5) is 0.310. The Kier molecular flexibility index (Phi) is 2.78. The molecule has 0 aliphatic carbocycles. The van der Waals surface area contributed by atoms with E-state index in [9.17, 15) is 8.76 Å². The Hall–Kier alpha value is -0.930. The summed E-state index contributed by atoms with van der Waals surface area (Å²) in [7, 11) is 0. The minimum atomic E-state index is -2.17. The van der Waals surface area contributed by atoms with E-state index in [0.717, 1.165) is 5.57 Å². The third kappa shape index (κ3) is 1.81. The third-order valence-electron chi connectivity index (χ3n) is 1.53. The second-order valence-corrected chi connectivity index (χ2v) is 3.42. The summed E-state index contributed by atoms with van der Waals surface area (Å²) in [5.74, 6) is 0. The van der Waals surface area contributed by atoms with E-state index in [-0.39, 0.29) is 0 Å². The van der Waals surface area contributed by atoms with Crippen LogP contribution < -0.4 is 0 Å². The molecule has 1 aromatic carbocycles. The van der Waals surface area contributed by atoms with Crippen molar-refractivity contribution in [3.63, 3.8) is 0 Å². The molecule has 1 aromatic rings. The Morgan fingerprint density at radius 1 is 1.50 bits per heavy atom. The van der Waals surface area contributed by atoms with Gasteiger partial charge in [0.1, 0.15) is 0 Å². The van der Waals surface area contributed by atoms with Crippen molar-refractivity contribution in [3.05, 3.63) is 36.4 Å². The molecule has 0 saturated heterocycles. The largest absolute Gasteiger partial charge is 0.768 e. The van der Waals surface area contributed by atoms with Crippen molar-refractivity contribution >= 4 is 16.7 Å². The van der Waals surface area contributed by atoms with Gasteiger partial charge in [0, 0.05) is 4.90 Å². The summed E-state index contributed by atoms with van der Waals surface area (Å²) >= 11 is -2.17. The van der Waals surface area contributed by atoms with Gasteiger partial charge < -0.3 is 4.55 Å². The maximum Gasteiger partial charge on any atom is 0.0323 e. The number of hydrogen-bond acceptors (Lipinski definition) is 2. The summed E-state index contributed by atoms with van der Waals surface area (Å²) in [6.45, 7) is 5.48. The summed E-state index contributed by atoms with van der Waals surface area (Å²) in [6, 6.07) is 6.79. The van der Waals surface area contributed by atoms with E-state index in [0.29, 0.717) is 10.5 Å². The van der Waals surface area contributed by atoms with Crippen molar-refractivity contribution in [2.75, 3.05) is 0 Å². The van der Waals surface area contributed by atoms with Crippen molar-refractivity contribution in [1.29, 1.82) is 0 Å². The quantitative estimate of drug-likeness (QED) is 0.654. The zero-order chi connectivity index (χ0) is 9.14. The van der Waals surface area contributed by atoms with Crippen LogP contribution in [0.4, 0.5) is 0 Å². The van der Waals surface area contributed by atoms with Crippen LogP contribution in [0.5, 0.6) is 0 Å². The third-order valence-corrected chi connectivity index (χ3v) is 2.24. The van der Waals surface area contributed by atoms with Crippen LogP contribution in [0.3, 0.4) is 0 Å². The predicted octanol–water partition coefficient (Wildman–Crippen LogP) is 1.96. The van der Waals surface area contributed by atoms with Crippen molar-refractivity contribution in [2.24, 2.45) is 0 Å². The van der Waals surface area contributed by atoms with E-state index in [1.54, 1.807) is 31.2 Å². The molecule has 0 aromatic heterocycles. The lowest BCUT2D eigenvalue weighted by atomic mass is 10.1. The van der Waals surface area contributed by atoms with Crippen LogP contribution in [0.1, 0.15) is 12.5 Å². The van der Waals surface area contributed by atoms with Crippen LogP contribution in [0, 0.1) is 0 Å². The molecule has 0 saturated carbocycles.